The van der Waals surface area contributed by atoms with Gasteiger partial charge in [-0.25, -0.2) is 0 Å². The van der Waals surface area contributed by atoms with E-state index in [4.69, 9.17) is 6.42 Å². The third kappa shape index (κ3) is 7.64. The molecule has 98 valence electrons. The molecule has 0 radical (unpaired) electrons. The molecule has 0 aromatic rings. The zero-order valence-corrected chi connectivity index (χ0v) is 11.6. The first-order valence-electron chi connectivity index (χ1n) is 6.35. The minimum absolute atomic E-state index is 0.507. The summed E-state index contributed by atoms with van der Waals surface area (Å²) in [5, 5.41) is 6.24. The highest BCUT2D eigenvalue weighted by Crippen LogP contribution is 1.96. The molecule has 0 atom stereocenters. The van der Waals surface area contributed by atoms with E-state index in [1.807, 2.05) is 6.92 Å². The van der Waals surface area contributed by atoms with E-state index in [1.165, 1.54) is 0 Å². The van der Waals surface area contributed by atoms with Crippen LogP contribution in [0.15, 0.2) is 4.99 Å². The molecule has 0 aromatic heterocycles. The van der Waals surface area contributed by atoms with Crippen molar-refractivity contribution in [3.05, 3.63) is 0 Å². The molecule has 0 unspecified atom stereocenters. The van der Waals surface area contributed by atoms with E-state index in [2.05, 4.69) is 47.2 Å². The molecule has 0 aliphatic heterocycles. The predicted molar refractivity (Wildman–Crippen MR) is 75.2 cm³/mol. The number of hydrogen-bond donors (Lipinski definition) is 2. The Labute approximate surface area is 106 Å². The van der Waals surface area contributed by atoms with Gasteiger partial charge in [0.15, 0.2) is 5.96 Å². The highest BCUT2D eigenvalue weighted by atomic mass is 15.2. The summed E-state index contributed by atoms with van der Waals surface area (Å²) in [7, 11) is 0. The van der Waals surface area contributed by atoms with Crippen molar-refractivity contribution in [1.82, 2.24) is 15.5 Å². The van der Waals surface area contributed by atoms with Crippen LogP contribution in [0, 0.1) is 12.3 Å². The topological polar surface area (TPSA) is 39.7 Å². The van der Waals surface area contributed by atoms with Crippen molar-refractivity contribution in [3.63, 3.8) is 0 Å². The van der Waals surface area contributed by atoms with Crippen LogP contribution in [0.25, 0.3) is 0 Å². The van der Waals surface area contributed by atoms with Gasteiger partial charge in [0.1, 0.15) is 0 Å². The molecular formula is C13H26N4. The maximum absolute atomic E-state index is 5.21. The third-order valence-electron chi connectivity index (χ3n) is 2.50. The van der Waals surface area contributed by atoms with E-state index >= 15 is 0 Å². The second-order valence-electron chi connectivity index (χ2n) is 4.04. The zero-order valence-electron chi connectivity index (χ0n) is 11.6. The summed E-state index contributed by atoms with van der Waals surface area (Å²) in [6.45, 7) is 12.8. The Balaban J connectivity index is 4.10. The normalized spacial score (nSPS) is 11.7. The number of nitrogens with one attached hydrogen (secondary N) is 2. The van der Waals surface area contributed by atoms with Crippen LogP contribution in [0.3, 0.4) is 0 Å². The van der Waals surface area contributed by atoms with Crippen LogP contribution in [-0.4, -0.2) is 49.6 Å². The fraction of sp³-hybridized carbons (Fsp3) is 0.769. The van der Waals surface area contributed by atoms with Crippen molar-refractivity contribution in [2.75, 3.05) is 32.7 Å². The Kier molecular flexibility index (Phi) is 9.27. The Morgan fingerprint density at radius 2 is 2.06 bits per heavy atom. The zero-order chi connectivity index (χ0) is 13.1. The molecule has 0 amide bonds. The first-order valence-corrected chi connectivity index (χ1v) is 6.35. The fourth-order valence-electron chi connectivity index (χ4n) is 1.55. The molecule has 4 nitrogen and oxygen atoms in total. The molecule has 0 aliphatic rings. The number of aliphatic imine (C=N–C) groups is 1. The predicted octanol–water partition coefficient (Wildman–Crippen LogP) is 0.905. The smallest absolute Gasteiger partial charge is 0.192 e. The first-order chi connectivity index (χ1) is 8.15. The summed E-state index contributed by atoms with van der Waals surface area (Å²) in [5.74, 6) is 3.34. The fourth-order valence-corrected chi connectivity index (χ4v) is 1.55. The second-order valence-corrected chi connectivity index (χ2v) is 4.04. The van der Waals surface area contributed by atoms with E-state index in [0.29, 0.717) is 12.6 Å². The second kappa shape index (κ2) is 9.98. The lowest BCUT2D eigenvalue weighted by atomic mass is 10.3. The standard InChI is InChI=1S/C13H26N4/c1-6-9-15-13(14-7-2)16-10-11-17(8-3)12(4)5/h1,12H,7-11H2,2-5H3,(H2,14,15,16). The quantitative estimate of drug-likeness (QED) is 0.393. The lowest BCUT2D eigenvalue weighted by Crippen LogP contribution is -2.38. The van der Waals surface area contributed by atoms with Crippen LogP contribution in [-0.2, 0) is 0 Å². The first kappa shape index (κ1) is 15.8. The summed E-state index contributed by atoms with van der Waals surface area (Å²) in [4.78, 5) is 6.86. The van der Waals surface area contributed by atoms with Crippen molar-refractivity contribution in [2.24, 2.45) is 4.99 Å². The number of likely N-dealkylation sites (N-methyl/N-ethyl adjacent to an activating group) is 1. The summed E-state index contributed by atoms with van der Waals surface area (Å²) in [6.07, 6.45) is 5.21. The van der Waals surface area contributed by atoms with Crippen LogP contribution < -0.4 is 10.6 Å². The van der Waals surface area contributed by atoms with Gasteiger partial charge in [-0.3, -0.25) is 9.89 Å². The summed E-state index contributed by atoms with van der Waals surface area (Å²) in [5.41, 5.74) is 0. The Morgan fingerprint density at radius 1 is 1.35 bits per heavy atom. The van der Waals surface area contributed by atoms with Gasteiger partial charge in [0, 0.05) is 19.1 Å². The Hall–Kier alpha value is -1.21. The van der Waals surface area contributed by atoms with E-state index in [9.17, 15) is 0 Å². The molecule has 0 fully saturated rings. The minimum Gasteiger partial charge on any atom is -0.357 e. The molecule has 0 heterocycles. The van der Waals surface area contributed by atoms with Gasteiger partial charge >= 0.3 is 0 Å². The summed E-state index contributed by atoms with van der Waals surface area (Å²) in [6, 6.07) is 0.566. The van der Waals surface area contributed by atoms with E-state index in [1.54, 1.807) is 0 Å². The van der Waals surface area contributed by atoms with Crippen molar-refractivity contribution < 1.29 is 0 Å². The number of terminal acetylenes is 1. The maximum atomic E-state index is 5.21. The molecule has 0 saturated heterocycles. The van der Waals surface area contributed by atoms with Crippen molar-refractivity contribution in [2.45, 2.75) is 33.7 Å². The monoisotopic (exact) mass is 238 g/mol. The largest absolute Gasteiger partial charge is 0.357 e. The van der Waals surface area contributed by atoms with Crippen molar-refractivity contribution >= 4 is 5.96 Å². The SMILES string of the molecule is C#CCNC(=NCCN(CC)C(C)C)NCC. The molecule has 17 heavy (non-hydrogen) atoms. The highest BCUT2D eigenvalue weighted by Gasteiger charge is 2.05. The molecular weight excluding hydrogens is 212 g/mol. The number of hydrogen-bond acceptors (Lipinski definition) is 2. The number of guanidine groups is 1. The summed E-state index contributed by atoms with van der Waals surface area (Å²) >= 11 is 0. The molecule has 0 rings (SSSR count). The van der Waals surface area contributed by atoms with Crippen LogP contribution in [0.2, 0.25) is 0 Å². The maximum Gasteiger partial charge on any atom is 0.192 e. The van der Waals surface area contributed by atoms with Crippen molar-refractivity contribution in [1.29, 1.82) is 0 Å². The molecule has 0 bridgehead atoms. The van der Waals surface area contributed by atoms with Gasteiger partial charge in [0.05, 0.1) is 13.1 Å². The van der Waals surface area contributed by atoms with Gasteiger partial charge < -0.3 is 10.6 Å². The van der Waals surface area contributed by atoms with Gasteiger partial charge in [-0.1, -0.05) is 12.8 Å². The van der Waals surface area contributed by atoms with Gasteiger partial charge in [-0.15, -0.1) is 6.42 Å². The van der Waals surface area contributed by atoms with Crippen LogP contribution in [0.5, 0.6) is 0 Å². The number of rotatable bonds is 7. The molecule has 4 heteroatoms. The number of nitrogens with zero attached hydrogens (tertiary/aromatic N) is 2. The molecule has 0 spiro atoms. The van der Waals surface area contributed by atoms with E-state index in [0.717, 1.165) is 32.1 Å². The Bertz CT molecular complexity index is 253. The van der Waals surface area contributed by atoms with Crippen LogP contribution >= 0.6 is 0 Å². The molecule has 2 N–H and O–H groups in total. The van der Waals surface area contributed by atoms with Gasteiger partial charge in [-0.2, -0.15) is 0 Å². The highest BCUT2D eigenvalue weighted by molar-refractivity contribution is 5.79. The van der Waals surface area contributed by atoms with Crippen LogP contribution in [0.4, 0.5) is 0 Å². The van der Waals surface area contributed by atoms with E-state index < -0.39 is 0 Å². The third-order valence-corrected chi connectivity index (χ3v) is 2.50. The molecule has 0 aromatic carbocycles. The van der Waals surface area contributed by atoms with E-state index in [-0.39, 0.29) is 0 Å². The van der Waals surface area contributed by atoms with Crippen LogP contribution in [0.1, 0.15) is 27.7 Å². The average Bonchev–Trinajstić information content (AvgIpc) is 2.30. The molecule has 0 saturated carbocycles. The lowest BCUT2D eigenvalue weighted by molar-refractivity contribution is 0.240. The van der Waals surface area contributed by atoms with Gasteiger partial charge in [0.25, 0.3) is 0 Å². The van der Waals surface area contributed by atoms with Gasteiger partial charge in [-0.05, 0) is 27.3 Å². The lowest BCUT2D eigenvalue weighted by Gasteiger charge is -2.23. The average molecular weight is 238 g/mol. The van der Waals surface area contributed by atoms with Crippen molar-refractivity contribution in [3.8, 4) is 12.3 Å². The molecule has 0 aliphatic carbocycles. The van der Waals surface area contributed by atoms with Gasteiger partial charge in [0.2, 0.25) is 0 Å². The minimum atomic E-state index is 0.507. The Morgan fingerprint density at radius 3 is 2.53 bits per heavy atom. The summed E-state index contributed by atoms with van der Waals surface area (Å²) < 4.78 is 0.